The maximum absolute atomic E-state index is 9.41. The van der Waals surface area contributed by atoms with Crippen LogP contribution in [0.2, 0.25) is 0 Å². The van der Waals surface area contributed by atoms with E-state index in [-0.39, 0.29) is 6.04 Å². The first-order chi connectivity index (χ1) is 5.77. The Kier molecular flexibility index (Phi) is 3.14. The van der Waals surface area contributed by atoms with Gasteiger partial charge in [0.25, 0.3) is 0 Å². The minimum Gasteiger partial charge on any atom is -0.393 e. The van der Waals surface area contributed by atoms with Gasteiger partial charge in [0.15, 0.2) is 0 Å². The number of aliphatic hydroxyl groups excluding tert-OH is 1. The fourth-order valence-corrected chi connectivity index (χ4v) is 1.57. The molecule has 3 atom stereocenters. The van der Waals surface area contributed by atoms with Crippen molar-refractivity contribution >= 4 is 0 Å². The molecular weight excluding hydrogens is 154 g/mol. The second-order valence-corrected chi connectivity index (χ2v) is 3.15. The average molecular weight is 167 g/mol. The molecule has 0 aliphatic heterocycles. The van der Waals surface area contributed by atoms with Crippen molar-refractivity contribution in [3.63, 3.8) is 0 Å². The summed E-state index contributed by atoms with van der Waals surface area (Å²) in [6.07, 6.45) is 3.79. The Morgan fingerprint density at radius 2 is 2.33 bits per heavy atom. The lowest BCUT2D eigenvalue weighted by molar-refractivity contribution is 0.0959. The second kappa shape index (κ2) is 4.14. The largest absolute Gasteiger partial charge is 0.393 e. The van der Waals surface area contributed by atoms with E-state index in [1.54, 1.807) is 0 Å². The molecule has 0 bridgehead atoms. The zero-order valence-electron chi connectivity index (χ0n) is 6.93. The molecule has 4 nitrogen and oxygen atoms in total. The van der Waals surface area contributed by atoms with Crippen LogP contribution in [-0.2, 0) is 0 Å². The first-order valence-electron chi connectivity index (χ1n) is 4.12. The van der Waals surface area contributed by atoms with E-state index in [4.69, 9.17) is 5.53 Å². The molecule has 0 amide bonds. The minimum absolute atomic E-state index is 0.258. The smallest absolute Gasteiger partial charge is 0.0639 e. The van der Waals surface area contributed by atoms with E-state index >= 15 is 0 Å². The SMILES string of the molecule is C=CC1CCC(O)C(N=[N+]=[N-])C1. The van der Waals surface area contributed by atoms with Crippen LogP contribution in [0.5, 0.6) is 0 Å². The third-order valence-corrected chi connectivity index (χ3v) is 2.35. The molecule has 3 unspecified atom stereocenters. The minimum atomic E-state index is -0.461. The van der Waals surface area contributed by atoms with Crippen LogP contribution in [0.15, 0.2) is 17.8 Å². The van der Waals surface area contributed by atoms with Gasteiger partial charge in [-0.3, -0.25) is 0 Å². The van der Waals surface area contributed by atoms with Gasteiger partial charge in [-0.1, -0.05) is 11.2 Å². The molecule has 4 heteroatoms. The standard InChI is InChI=1S/C8H13N3O/c1-2-6-3-4-8(12)7(5-6)10-11-9/h2,6-8,12H,1,3-5H2. The van der Waals surface area contributed by atoms with Crippen molar-refractivity contribution < 1.29 is 5.11 Å². The monoisotopic (exact) mass is 167 g/mol. The summed E-state index contributed by atoms with van der Waals surface area (Å²) < 4.78 is 0. The van der Waals surface area contributed by atoms with E-state index in [1.807, 2.05) is 6.08 Å². The van der Waals surface area contributed by atoms with Crippen LogP contribution in [0.3, 0.4) is 0 Å². The van der Waals surface area contributed by atoms with E-state index in [9.17, 15) is 5.11 Å². The number of hydrogen-bond acceptors (Lipinski definition) is 2. The van der Waals surface area contributed by atoms with Crippen molar-refractivity contribution in [1.29, 1.82) is 0 Å². The molecule has 1 N–H and O–H groups in total. The first kappa shape index (κ1) is 9.10. The third-order valence-electron chi connectivity index (χ3n) is 2.35. The molecule has 0 aromatic heterocycles. The summed E-state index contributed by atoms with van der Waals surface area (Å²) in [6, 6.07) is -0.258. The molecule has 66 valence electrons. The van der Waals surface area contributed by atoms with Crippen LogP contribution in [0.1, 0.15) is 19.3 Å². The quantitative estimate of drug-likeness (QED) is 0.290. The molecule has 0 aromatic carbocycles. The van der Waals surface area contributed by atoms with Gasteiger partial charge in [-0.25, -0.2) is 0 Å². The first-order valence-corrected chi connectivity index (χ1v) is 4.12. The maximum Gasteiger partial charge on any atom is 0.0639 e. The van der Waals surface area contributed by atoms with Crippen molar-refractivity contribution in [3.05, 3.63) is 23.1 Å². The number of hydrogen-bond donors (Lipinski definition) is 1. The summed E-state index contributed by atoms with van der Waals surface area (Å²) in [6.45, 7) is 3.69. The number of allylic oxidation sites excluding steroid dienone is 1. The molecule has 0 saturated heterocycles. The van der Waals surface area contributed by atoms with Crippen molar-refractivity contribution in [2.45, 2.75) is 31.4 Å². The van der Waals surface area contributed by atoms with E-state index < -0.39 is 6.10 Å². The topological polar surface area (TPSA) is 69.0 Å². The van der Waals surface area contributed by atoms with Crippen molar-refractivity contribution in [1.82, 2.24) is 0 Å². The number of azide groups is 1. The van der Waals surface area contributed by atoms with Crippen LogP contribution in [0, 0.1) is 5.92 Å². The zero-order valence-corrected chi connectivity index (χ0v) is 6.93. The van der Waals surface area contributed by atoms with Crippen LogP contribution in [-0.4, -0.2) is 17.3 Å². The van der Waals surface area contributed by atoms with Crippen molar-refractivity contribution in [3.8, 4) is 0 Å². The molecular formula is C8H13N3O. The van der Waals surface area contributed by atoms with Gasteiger partial charge in [0.05, 0.1) is 12.1 Å². The van der Waals surface area contributed by atoms with E-state index in [0.29, 0.717) is 12.3 Å². The lowest BCUT2D eigenvalue weighted by Crippen LogP contribution is -2.31. The van der Waals surface area contributed by atoms with Gasteiger partial charge >= 0.3 is 0 Å². The summed E-state index contributed by atoms with van der Waals surface area (Å²) in [5.74, 6) is 0.392. The van der Waals surface area contributed by atoms with Crippen LogP contribution in [0.4, 0.5) is 0 Å². The highest BCUT2D eigenvalue weighted by Gasteiger charge is 2.26. The Morgan fingerprint density at radius 3 is 2.92 bits per heavy atom. The Morgan fingerprint density at radius 1 is 1.58 bits per heavy atom. The summed E-state index contributed by atoms with van der Waals surface area (Å²) in [5, 5.41) is 13.0. The van der Waals surface area contributed by atoms with Gasteiger partial charge in [-0.05, 0) is 30.7 Å². The molecule has 0 spiro atoms. The highest BCUT2D eigenvalue weighted by Crippen LogP contribution is 2.27. The summed E-state index contributed by atoms with van der Waals surface area (Å²) >= 11 is 0. The molecule has 1 saturated carbocycles. The average Bonchev–Trinajstić information content (AvgIpc) is 2.09. The molecule has 0 aromatic rings. The second-order valence-electron chi connectivity index (χ2n) is 3.15. The highest BCUT2D eigenvalue weighted by molar-refractivity contribution is 4.91. The molecule has 1 aliphatic carbocycles. The van der Waals surface area contributed by atoms with E-state index in [1.165, 1.54) is 0 Å². The van der Waals surface area contributed by atoms with Gasteiger partial charge in [-0.2, -0.15) is 0 Å². The maximum atomic E-state index is 9.41. The van der Waals surface area contributed by atoms with Gasteiger partial charge in [0.1, 0.15) is 0 Å². The number of rotatable bonds is 2. The van der Waals surface area contributed by atoms with Crippen LogP contribution >= 0.6 is 0 Å². The van der Waals surface area contributed by atoms with E-state index in [0.717, 1.165) is 12.8 Å². The molecule has 0 radical (unpaired) electrons. The normalized spacial score (nSPS) is 35.2. The van der Waals surface area contributed by atoms with Crippen molar-refractivity contribution in [2.24, 2.45) is 11.0 Å². The van der Waals surface area contributed by atoms with Crippen LogP contribution in [0.25, 0.3) is 10.4 Å². The van der Waals surface area contributed by atoms with Gasteiger partial charge in [0.2, 0.25) is 0 Å². The zero-order chi connectivity index (χ0) is 8.97. The van der Waals surface area contributed by atoms with Crippen LogP contribution < -0.4 is 0 Å². The third kappa shape index (κ3) is 2.00. The predicted molar refractivity (Wildman–Crippen MR) is 46.5 cm³/mol. The molecule has 1 aliphatic rings. The van der Waals surface area contributed by atoms with E-state index in [2.05, 4.69) is 16.6 Å². The van der Waals surface area contributed by atoms with Gasteiger partial charge in [-0.15, -0.1) is 6.58 Å². The Balaban J connectivity index is 2.58. The number of nitrogens with zero attached hydrogens (tertiary/aromatic N) is 3. The molecule has 1 rings (SSSR count). The number of aliphatic hydroxyl groups is 1. The Labute approximate surface area is 71.5 Å². The van der Waals surface area contributed by atoms with Gasteiger partial charge in [0, 0.05) is 4.91 Å². The lowest BCUT2D eigenvalue weighted by atomic mass is 9.84. The summed E-state index contributed by atoms with van der Waals surface area (Å²) in [5.41, 5.74) is 8.22. The predicted octanol–water partition coefficient (Wildman–Crippen LogP) is 2.01. The highest BCUT2D eigenvalue weighted by atomic mass is 16.3. The fraction of sp³-hybridized carbons (Fsp3) is 0.750. The lowest BCUT2D eigenvalue weighted by Gasteiger charge is -2.28. The Bertz CT molecular complexity index is 210. The fourth-order valence-electron chi connectivity index (χ4n) is 1.57. The molecule has 12 heavy (non-hydrogen) atoms. The van der Waals surface area contributed by atoms with Gasteiger partial charge < -0.3 is 5.11 Å². The summed E-state index contributed by atoms with van der Waals surface area (Å²) in [4.78, 5) is 2.71. The van der Waals surface area contributed by atoms with Crippen molar-refractivity contribution in [2.75, 3.05) is 0 Å². The Hall–Kier alpha value is -0.990. The molecule has 1 fully saturated rings. The molecule has 0 heterocycles. The summed E-state index contributed by atoms with van der Waals surface area (Å²) in [7, 11) is 0.